The lowest BCUT2D eigenvalue weighted by Crippen LogP contribution is -2.16. The zero-order valence-corrected chi connectivity index (χ0v) is 15.4. The van der Waals surface area contributed by atoms with Crippen LogP contribution in [0.2, 0.25) is 0 Å². The summed E-state index contributed by atoms with van der Waals surface area (Å²) < 4.78 is 37.9. The molecule has 140 valence electrons. The maximum atomic E-state index is 12.7. The Morgan fingerprint density at radius 2 is 1.89 bits per heavy atom. The molecule has 0 spiro atoms. The van der Waals surface area contributed by atoms with Crippen molar-refractivity contribution in [2.24, 2.45) is 0 Å². The van der Waals surface area contributed by atoms with Crippen LogP contribution in [0.15, 0.2) is 64.0 Å². The van der Waals surface area contributed by atoms with Gasteiger partial charge in [0, 0.05) is 11.6 Å². The molecular weight excluding hydrogens is 370 g/mol. The van der Waals surface area contributed by atoms with Crippen molar-refractivity contribution in [1.29, 1.82) is 0 Å². The quantitative estimate of drug-likeness (QED) is 0.673. The second kappa shape index (κ2) is 7.50. The van der Waals surface area contributed by atoms with Gasteiger partial charge in [-0.2, -0.15) is 0 Å². The van der Waals surface area contributed by atoms with Gasteiger partial charge in [-0.25, -0.2) is 8.42 Å². The summed E-state index contributed by atoms with van der Waals surface area (Å²) in [5.41, 5.74) is 0.464. The van der Waals surface area contributed by atoms with E-state index in [1.165, 1.54) is 31.4 Å². The standard InChI is InChI=1S/C18H17N3O5S/c1-12-10-17(20-26-12)19-18(22)13-6-5-7-14(11-13)27(23,24)21-15-8-3-4-9-16(15)25-2/h3-11,21H,1-2H3,(H,19,20,22). The Morgan fingerprint density at radius 1 is 1.11 bits per heavy atom. The van der Waals surface area contributed by atoms with Crippen LogP contribution < -0.4 is 14.8 Å². The SMILES string of the molecule is COc1ccccc1NS(=O)(=O)c1cccc(C(=O)Nc2cc(C)on2)c1. The van der Waals surface area contributed by atoms with E-state index in [0.717, 1.165) is 0 Å². The molecule has 1 aromatic heterocycles. The van der Waals surface area contributed by atoms with E-state index in [-0.39, 0.29) is 16.3 Å². The van der Waals surface area contributed by atoms with E-state index in [0.29, 0.717) is 17.2 Å². The minimum Gasteiger partial charge on any atom is -0.495 e. The van der Waals surface area contributed by atoms with Crippen LogP contribution in [0.4, 0.5) is 11.5 Å². The van der Waals surface area contributed by atoms with Crippen LogP contribution in [-0.4, -0.2) is 26.6 Å². The first-order chi connectivity index (χ1) is 12.9. The summed E-state index contributed by atoms with van der Waals surface area (Å²) in [6.45, 7) is 1.69. The molecule has 9 heteroatoms. The fourth-order valence-corrected chi connectivity index (χ4v) is 3.47. The lowest BCUT2D eigenvalue weighted by Gasteiger charge is -2.12. The summed E-state index contributed by atoms with van der Waals surface area (Å²) in [6.07, 6.45) is 0. The Kier molecular flexibility index (Phi) is 5.13. The number of hydrogen-bond acceptors (Lipinski definition) is 6. The van der Waals surface area contributed by atoms with Gasteiger partial charge < -0.3 is 14.6 Å². The summed E-state index contributed by atoms with van der Waals surface area (Å²) in [5.74, 6) is 0.676. The highest BCUT2D eigenvalue weighted by Gasteiger charge is 2.18. The Morgan fingerprint density at radius 3 is 2.59 bits per heavy atom. The summed E-state index contributed by atoms with van der Waals surface area (Å²) in [5, 5.41) is 6.22. The lowest BCUT2D eigenvalue weighted by atomic mass is 10.2. The molecule has 0 saturated heterocycles. The molecule has 1 heterocycles. The molecule has 0 atom stereocenters. The minimum absolute atomic E-state index is 0.0580. The van der Waals surface area contributed by atoms with E-state index in [9.17, 15) is 13.2 Å². The molecule has 1 amide bonds. The van der Waals surface area contributed by atoms with Gasteiger partial charge in [-0.15, -0.1) is 0 Å². The molecule has 27 heavy (non-hydrogen) atoms. The fraction of sp³-hybridized carbons (Fsp3) is 0.111. The first-order valence-corrected chi connectivity index (χ1v) is 9.38. The van der Waals surface area contributed by atoms with Crippen molar-refractivity contribution in [3.63, 3.8) is 0 Å². The van der Waals surface area contributed by atoms with Crippen molar-refractivity contribution >= 4 is 27.4 Å². The first kappa shape index (κ1) is 18.5. The maximum Gasteiger partial charge on any atom is 0.262 e. The summed E-state index contributed by atoms with van der Waals surface area (Å²) in [7, 11) is -2.47. The third kappa shape index (κ3) is 4.26. The normalized spacial score (nSPS) is 11.0. The predicted octanol–water partition coefficient (Wildman–Crippen LogP) is 3.04. The van der Waals surface area contributed by atoms with Gasteiger partial charge in [0.15, 0.2) is 5.82 Å². The fourth-order valence-electron chi connectivity index (χ4n) is 2.35. The number of methoxy groups -OCH3 is 1. The molecule has 0 aliphatic carbocycles. The molecule has 3 aromatic rings. The Balaban J connectivity index is 1.84. The molecule has 2 N–H and O–H groups in total. The largest absolute Gasteiger partial charge is 0.495 e. The minimum atomic E-state index is -3.91. The highest BCUT2D eigenvalue weighted by atomic mass is 32.2. The van der Waals surface area contributed by atoms with Crippen molar-refractivity contribution in [2.75, 3.05) is 17.1 Å². The topological polar surface area (TPSA) is 111 Å². The first-order valence-electron chi connectivity index (χ1n) is 7.89. The number of nitrogens with zero attached hydrogens (tertiary/aromatic N) is 1. The number of benzene rings is 2. The number of sulfonamides is 1. The van der Waals surface area contributed by atoms with Crippen LogP contribution in [0.1, 0.15) is 16.1 Å². The Labute approximate surface area is 156 Å². The lowest BCUT2D eigenvalue weighted by molar-refractivity contribution is 0.102. The van der Waals surface area contributed by atoms with Gasteiger partial charge in [-0.3, -0.25) is 9.52 Å². The van der Waals surface area contributed by atoms with Crippen LogP contribution in [-0.2, 0) is 10.0 Å². The second-order valence-electron chi connectivity index (χ2n) is 5.61. The molecule has 0 radical (unpaired) electrons. The number of nitrogens with one attached hydrogen (secondary N) is 2. The average Bonchev–Trinajstić information content (AvgIpc) is 3.06. The van der Waals surface area contributed by atoms with E-state index in [2.05, 4.69) is 15.2 Å². The van der Waals surface area contributed by atoms with E-state index < -0.39 is 15.9 Å². The molecule has 0 saturated carbocycles. The van der Waals surface area contributed by atoms with Gasteiger partial charge in [0.2, 0.25) is 0 Å². The molecule has 3 rings (SSSR count). The molecule has 0 fully saturated rings. The van der Waals surface area contributed by atoms with Crippen LogP contribution in [0.3, 0.4) is 0 Å². The third-order valence-electron chi connectivity index (χ3n) is 3.63. The Bertz CT molecular complexity index is 1080. The van der Waals surface area contributed by atoms with Gasteiger partial charge in [0.1, 0.15) is 11.5 Å². The van der Waals surface area contributed by atoms with Crippen molar-refractivity contribution in [3.05, 3.63) is 65.9 Å². The van der Waals surface area contributed by atoms with Gasteiger partial charge in [0.25, 0.3) is 15.9 Å². The number of carbonyl (C=O) groups excluding carboxylic acids is 1. The number of ether oxygens (including phenoxy) is 1. The van der Waals surface area contributed by atoms with E-state index in [4.69, 9.17) is 9.26 Å². The zero-order valence-electron chi connectivity index (χ0n) is 14.6. The highest BCUT2D eigenvalue weighted by molar-refractivity contribution is 7.92. The summed E-state index contributed by atoms with van der Waals surface area (Å²) in [4.78, 5) is 12.3. The number of amides is 1. The van der Waals surface area contributed by atoms with Crippen LogP contribution >= 0.6 is 0 Å². The third-order valence-corrected chi connectivity index (χ3v) is 4.99. The number of para-hydroxylation sites is 2. The average molecular weight is 387 g/mol. The smallest absolute Gasteiger partial charge is 0.262 e. The maximum absolute atomic E-state index is 12.7. The van der Waals surface area contributed by atoms with E-state index >= 15 is 0 Å². The zero-order chi connectivity index (χ0) is 19.4. The van der Waals surface area contributed by atoms with Crippen LogP contribution in [0.5, 0.6) is 5.75 Å². The second-order valence-corrected chi connectivity index (χ2v) is 7.29. The van der Waals surface area contributed by atoms with Crippen molar-refractivity contribution in [2.45, 2.75) is 11.8 Å². The van der Waals surface area contributed by atoms with Gasteiger partial charge in [-0.05, 0) is 37.3 Å². The number of aromatic nitrogens is 1. The number of rotatable bonds is 6. The monoisotopic (exact) mass is 387 g/mol. The van der Waals surface area contributed by atoms with E-state index in [1.54, 1.807) is 37.3 Å². The predicted molar refractivity (Wildman–Crippen MR) is 99.4 cm³/mol. The van der Waals surface area contributed by atoms with Crippen LogP contribution in [0.25, 0.3) is 0 Å². The molecule has 0 unspecified atom stereocenters. The summed E-state index contributed by atoms with van der Waals surface area (Å²) in [6, 6.07) is 13.9. The van der Waals surface area contributed by atoms with Crippen molar-refractivity contribution in [3.8, 4) is 5.75 Å². The van der Waals surface area contributed by atoms with Gasteiger partial charge in [-0.1, -0.05) is 23.4 Å². The molecule has 0 aliphatic rings. The summed E-state index contributed by atoms with van der Waals surface area (Å²) >= 11 is 0. The number of aryl methyl sites for hydroxylation is 1. The molecule has 8 nitrogen and oxygen atoms in total. The Hall–Kier alpha value is -3.33. The van der Waals surface area contributed by atoms with Gasteiger partial charge in [0.05, 0.1) is 17.7 Å². The van der Waals surface area contributed by atoms with Gasteiger partial charge >= 0.3 is 0 Å². The molecule has 0 aliphatic heterocycles. The number of hydrogen-bond donors (Lipinski definition) is 2. The molecule has 2 aromatic carbocycles. The van der Waals surface area contributed by atoms with Crippen molar-refractivity contribution in [1.82, 2.24) is 5.16 Å². The molecule has 0 bridgehead atoms. The number of anilines is 2. The highest BCUT2D eigenvalue weighted by Crippen LogP contribution is 2.26. The number of carbonyl (C=O) groups is 1. The van der Waals surface area contributed by atoms with E-state index in [1.807, 2.05) is 0 Å². The molecular formula is C18H17N3O5S. The van der Waals surface area contributed by atoms with Crippen molar-refractivity contribution < 1.29 is 22.5 Å². The van der Waals surface area contributed by atoms with Crippen LogP contribution in [0, 0.1) is 6.92 Å².